The van der Waals surface area contributed by atoms with Crippen LogP contribution in [0.15, 0.2) is 35.7 Å². The van der Waals surface area contributed by atoms with Crippen molar-refractivity contribution >= 4 is 16.5 Å². The van der Waals surface area contributed by atoms with Crippen LogP contribution in [0, 0.1) is 0 Å². The number of thiazole rings is 1. The average Bonchev–Trinajstić information content (AvgIpc) is 2.99. The van der Waals surface area contributed by atoms with Gasteiger partial charge in [0, 0.05) is 50.2 Å². The molecule has 3 rings (SSSR count). The summed E-state index contributed by atoms with van der Waals surface area (Å²) in [5.74, 6) is 0. The predicted molar refractivity (Wildman–Crippen MR) is 85.3 cm³/mol. The van der Waals surface area contributed by atoms with E-state index in [0.717, 1.165) is 50.1 Å². The molecule has 0 saturated carbocycles. The van der Waals surface area contributed by atoms with Crippen molar-refractivity contribution in [3.8, 4) is 11.3 Å². The number of piperazine rings is 1. The summed E-state index contributed by atoms with van der Waals surface area (Å²) in [5.41, 5.74) is 7.88. The number of anilines is 1. The molecule has 2 aromatic rings. The van der Waals surface area contributed by atoms with Gasteiger partial charge < -0.3 is 10.6 Å². The minimum atomic E-state index is 0.745. The SMILES string of the molecule is NCCN1CCN(c2nc(-c3ccccc3)cs2)CC1. The first-order valence-electron chi connectivity index (χ1n) is 7.05. The van der Waals surface area contributed by atoms with Crippen LogP contribution in [0.1, 0.15) is 0 Å². The highest BCUT2D eigenvalue weighted by Crippen LogP contribution is 2.27. The van der Waals surface area contributed by atoms with E-state index in [-0.39, 0.29) is 0 Å². The zero-order valence-electron chi connectivity index (χ0n) is 11.5. The van der Waals surface area contributed by atoms with Gasteiger partial charge in [0.1, 0.15) is 0 Å². The summed E-state index contributed by atoms with van der Waals surface area (Å²) in [6.45, 7) is 5.99. The Balaban J connectivity index is 1.66. The summed E-state index contributed by atoms with van der Waals surface area (Å²) in [5, 5.41) is 3.29. The van der Waals surface area contributed by atoms with Crippen molar-refractivity contribution in [1.82, 2.24) is 9.88 Å². The summed E-state index contributed by atoms with van der Waals surface area (Å²) in [7, 11) is 0. The van der Waals surface area contributed by atoms with Gasteiger partial charge in [0.25, 0.3) is 0 Å². The van der Waals surface area contributed by atoms with Crippen molar-refractivity contribution in [3.05, 3.63) is 35.7 Å². The lowest BCUT2D eigenvalue weighted by atomic mass is 10.2. The van der Waals surface area contributed by atoms with Crippen molar-refractivity contribution < 1.29 is 0 Å². The Morgan fingerprint density at radius 2 is 1.85 bits per heavy atom. The van der Waals surface area contributed by atoms with Gasteiger partial charge in [0.05, 0.1) is 5.69 Å². The van der Waals surface area contributed by atoms with Gasteiger partial charge in [0.15, 0.2) is 5.13 Å². The quantitative estimate of drug-likeness (QED) is 0.933. The Bertz CT molecular complexity index is 532. The van der Waals surface area contributed by atoms with Crippen molar-refractivity contribution in [1.29, 1.82) is 0 Å². The van der Waals surface area contributed by atoms with E-state index < -0.39 is 0 Å². The largest absolute Gasteiger partial charge is 0.346 e. The Kier molecular flexibility index (Phi) is 4.30. The highest BCUT2D eigenvalue weighted by atomic mass is 32.1. The van der Waals surface area contributed by atoms with E-state index in [9.17, 15) is 0 Å². The fourth-order valence-electron chi connectivity index (χ4n) is 2.50. The lowest BCUT2D eigenvalue weighted by molar-refractivity contribution is 0.265. The normalized spacial score (nSPS) is 16.6. The average molecular weight is 288 g/mol. The summed E-state index contributed by atoms with van der Waals surface area (Å²) in [6, 6.07) is 10.4. The van der Waals surface area contributed by atoms with Gasteiger partial charge >= 0.3 is 0 Å². The summed E-state index contributed by atoms with van der Waals surface area (Å²) < 4.78 is 0. The first kappa shape index (κ1) is 13.5. The molecule has 0 unspecified atom stereocenters. The second-order valence-corrected chi connectivity index (χ2v) is 5.84. The number of hydrogen-bond acceptors (Lipinski definition) is 5. The van der Waals surface area contributed by atoms with Gasteiger partial charge in [-0.2, -0.15) is 0 Å². The monoisotopic (exact) mass is 288 g/mol. The standard InChI is InChI=1S/C15H20N4S/c16-6-7-18-8-10-19(11-9-18)15-17-14(12-20-15)13-4-2-1-3-5-13/h1-5,12H,6-11,16H2. The summed E-state index contributed by atoms with van der Waals surface area (Å²) in [4.78, 5) is 9.57. The molecule has 1 aromatic carbocycles. The van der Waals surface area contributed by atoms with Crippen molar-refractivity contribution in [2.24, 2.45) is 5.73 Å². The second kappa shape index (κ2) is 6.35. The van der Waals surface area contributed by atoms with Gasteiger partial charge in [0.2, 0.25) is 0 Å². The third-order valence-corrected chi connectivity index (χ3v) is 4.55. The van der Waals surface area contributed by atoms with Crippen molar-refractivity contribution in [3.63, 3.8) is 0 Å². The number of nitrogens with two attached hydrogens (primary N) is 1. The molecule has 0 bridgehead atoms. The Morgan fingerprint density at radius 3 is 2.55 bits per heavy atom. The molecule has 1 saturated heterocycles. The highest BCUT2D eigenvalue weighted by molar-refractivity contribution is 7.14. The number of nitrogens with zero attached hydrogens (tertiary/aromatic N) is 3. The molecule has 0 atom stereocenters. The van der Waals surface area contributed by atoms with Crippen LogP contribution >= 0.6 is 11.3 Å². The first-order chi connectivity index (χ1) is 9.86. The van der Waals surface area contributed by atoms with Crippen LogP contribution in [-0.4, -0.2) is 49.2 Å². The van der Waals surface area contributed by atoms with E-state index in [1.54, 1.807) is 11.3 Å². The Labute approximate surface area is 123 Å². The maximum absolute atomic E-state index is 5.61. The summed E-state index contributed by atoms with van der Waals surface area (Å²) in [6.07, 6.45) is 0. The minimum absolute atomic E-state index is 0.745. The van der Waals surface area contributed by atoms with Gasteiger partial charge in [-0.25, -0.2) is 4.98 Å². The van der Waals surface area contributed by atoms with E-state index in [4.69, 9.17) is 10.7 Å². The van der Waals surface area contributed by atoms with Gasteiger partial charge in [-0.15, -0.1) is 11.3 Å². The summed E-state index contributed by atoms with van der Waals surface area (Å²) >= 11 is 1.74. The molecular formula is C15H20N4S. The highest BCUT2D eigenvalue weighted by Gasteiger charge is 2.18. The number of rotatable bonds is 4. The number of hydrogen-bond donors (Lipinski definition) is 1. The molecule has 4 nitrogen and oxygen atoms in total. The molecule has 1 fully saturated rings. The molecule has 2 heterocycles. The lowest BCUT2D eigenvalue weighted by Crippen LogP contribution is -2.47. The lowest BCUT2D eigenvalue weighted by Gasteiger charge is -2.34. The zero-order chi connectivity index (χ0) is 13.8. The maximum atomic E-state index is 5.61. The van der Waals surface area contributed by atoms with E-state index in [0.29, 0.717) is 0 Å². The third kappa shape index (κ3) is 3.00. The van der Waals surface area contributed by atoms with Crippen LogP contribution in [0.4, 0.5) is 5.13 Å². The van der Waals surface area contributed by atoms with Crippen LogP contribution in [0.25, 0.3) is 11.3 Å². The zero-order valence-corrected chi connectivity index (χ0v) is 12.4. The number of benzene rings is 1. The molecule has 0 spiro atoms. The van der Waals surface area contributed by atoms with Crippen molar-refractivity contribution in [2.45, 2.75) is 0 Å². The second-order valence-electron chi connectivity index (χ2n) is 5.00. The Hall–Kier alpha value is -1.43. The molecule has 5 heteroatoms. The third-order valence-electron chi connectivity index (χ3n) is 3.65. The Morgan fingerprint density at radius 1 is 1.10 bits per heavy atom. The van der Waals surface area contributed by atoms with Crippen LogP contribution in [-0.2, 0) is 0 Å². The molecular weight excluding hydrogens is 268 g/mol. The molecule has 1 aromatic heterocycles. The van der Waals surface area contributed by atoms with E-state index in [1.165, 1.54) is 5.56 Å². The van der Waals surface area contributed by atoms with Gasteiger partial charge in [-0.3, -0.25) is 4.90 Å². The van der Waals surface area contributed by atoms with Crippen LogP contribution < -0.4 is 10.6 Å². The molecule has 1 aliphatic rings. The van der Waals surface area contributed by atoms with E-state index in [2.05, 4.69) is 39.4 Å². The molecule has 0 radical (unpaired) electrons. The van der Waals surface area contributed by atoms with Gasteiger partial charge in [-0.05, 0) is 0 Å². The number of aromatic nitrogens is 1. The maximum Gasteiger partial charge on any atom is 0.185 e. The predicted octanol–water partition coefficient (Wildman–Crippen LogP) is 1.89. The molecule has 20 heavy (non-hydrogen) atoms. The van der Waals surface area contributed by atoms with E-state index in [1.807, 2.05) is 6.07 Å². The topological polar surface area (TPSA) is 45.4 Å². The van der Waals surface area contributed by atoms with Crippen LogP contribution in [0.5, 0.6) is 0 Å². The van der Waals surface area contributed by atoms with Crippen LogP contribution in [0.3, 0.4) is 0 Å². The molecule has 0 amide bonds. The fourth-order valence-corrected chi connectivity index (χ4v) is 3.38. The molecule has 106 valence electrons. The van der Waals surface area contributed by atoms with Gasteiger partial charge in [-0.1, -0.05) is 30.3 Å². The molecule has 2 N–H and O–H groups in total. The first-order valence-corrected chi connectivity index (χ1v) is 7.93. The minimum Gasteiger partial charge on any atom is -0.346 e. The molecule has 1 aliphatic heterocycles. The molecule has 0 aliphatic carbocycles. The fraction of sp³-hybridized carbons (Fsp3) is 0.400. The van der Waals surface area contributed by atoms with E-state index >= 15 is 0 Å². The van der Waals surface area contributed by atoms with Crippen molar-refractivity contribution in [2.75, 3.05) is 44.2 Å². The van der Waals surface area contributed by atoms with Crippen LogP contribution in [0.2, 0.25) is 0 Å². The smallest absolute Gasteiger partial charge is 0.185 e.